The van der Waals surface area contributed by atoms with Crippen molar-refractivity contribution >= 4 is 18.4 Å². The van der Waals surface area contributed by atoms with Gasteiger partial charge in [-0.25, -0.2) is 5.09 Å². The molecule has 1 atom stereocenters. The quantitative estimate of drug-likeness (QED) is 0.497. The molecule has 0 aliphatic carbocycles. The minimum absolute atomic E-state index is 0.734. The molecule has 5 heteroatoms. The third kappa shape index (κ3) is 5.33. The molecule has 0 bridgehead atoms. The van der Waals surface area contributed by atoms with Gasteiger partial charge >= 0.3 is 0 Å². The standard InChI is InChI=1S/C5H14NO2PS/c1-3-4-5-6-9(7,10)8-2/h3-5H2,1-2H3,(H2,6,7,10). The number of hydrogen-bond donors (Lipinski definition) is 2. The van der Waals surface area contributed by atoms with Crippen molar-refractivity contribution in [2.45, 2.75) is 19.8 Å². The first-order valence-electron chi connectivity index (χ1n) is 3.26. The molecule has 0 aliphatic heterocycles. The van der Waals surface area contributed by atoms with Crippen LogP contribution >= 0.6 is 6.64 Å². The largest absolute Gasteiger partial charge is 0.334 e. The first-order valence-corrected chi connectivity index (χ1v) is 5.93. The van der Waals surface area contributed by atoms with Crippen LogP contribution in [0.25, 0.3) is 0 Å². The Kier molecular flexibility index (Phi) is 5.49. The van der Waals surface area contributed by atoms with Crippen molar-refractivity contribution in [2.24, 2.45) is 0 Å². The minimum Gasteiger partial charge on any atom is -0.334 e. The normalized spacial score (nSPS) is 16.7. The molecule has 0 aromatic carbocycles. The van der Waals surface area contributed by atoms with Gasteiger partial charge in [0.1, 0.15) is 0 Å². The van der Waals surface area contributed by atoms with Gasteiger partial charge in [-0.3, -0.25) is 0 Å². The van der Waals surface area contributed by atoms with Crippen molar-refractivity contribution in [3.8, 4) is 0 Å². The van der Waals surface area contributed by atoms with Crippen LogP contribution in [0, 0.1) is 0 Å². The van der Waals surface area contributed by atoms with E-state index < -0.39 is 6.64 Å². The summed E-state index contributed by atoms with van der Waals surface area (Å²) in [6.45, 7) is 0.193. The second-order valence-corrected chi connectivity index (χ2v) is 5.17. The van der Waals surface area contributed by atoms with Crippen molar-refractivity contribution in [2.75, 3.05) is 13.7 Å². The van der Waals surface area contributed by atoms with Crippen molar-refractivity contribution < 1.29 is 9.42 Å². The second-order valence-electron chi connectivity index (χ2n) is 1.96. The predicted octanol–water partition coefficient (Wildman–Crippen LogP) is 1.24. The fraction of sp³-hybridized carbons (Fsp3) is 1.00. The van der Waals surface area contributed by atoms with Crippen LogP contribution in [0.4, 0.5) is 0 Å². The van der Waals surface area contributed by atoms with Gasteiger partial charge in [0.2, 0.25) is 0 Å². The lowest BCUT2D eigenvalue weighted by molar-refractivity contribution is 0.374. The van der Waals surface area contributed by atoms with E-state index in [1.165, 1.54) is 7.11 Å². The summed E-state index contributed by atoms with van der Waals surface area (Å²) in [5.74, 6) is 0. The summed E-state index contributed by atoms with van der Waals surface area (Å²) in [6.07, 6.45) is 2.11. The highest BCUT2D eigenvalue weighted by Gasteiger charge is 2.07. The van der Waals surface area contributed by atoms with Crippen LogP contribution in [0.3, 0.4) is 0 Å². The summed E-state index contributed by atoms with van der Waals surface area (Å²) in [6, 6.07) is 0. The maximum atomic E-state index is 9.14. The smallest absolute Gasteiger partial charge is 0.258 e. The lowest BCUT2D eigenvalue weighted by Gasteiger charge is -2.12. The molecule has 2 N–H and O–H groups in total. The van der Waals surface area contributed by atoms with Gasteiger partial charge in [0.05, 0.1) is 0 Å². The van der Waals surface area contributed by atoms with Crippen LogP contribution in [0.2, 0.25) is 0 Å². The van der Waals surface area contributed by atoms with Gasteiger partial charge in [-0.2, -0.15) is 0 Å². The van der Waals surface area contributed by atoms with Crippen LogP contribution in [-0.4, -0.2) is 18.5 Å². The molecule has 0 spiro atoms. The fourth-order valence-electron chi connectivity index (χ4n) is 0.462. The molecule has 0 amide bonds. The van der Waals surface area contributed by atoms with Gasteiger partial charge in [-0.15, -0.1) is 0 Å². The summed E-state index contributed by atoms with van der Waals surface area (Å²) in [5.41, 5.74) is 0. The Hall–Kier alpha value is 0.530. The maximum absolute atomic E-state index is 9.14. The third-order valence-corrected chi connectivity index (χ3v) is 3.04. The Morgan fingerprint density at radius 2 is 2.30 bits per heavy atom. The highest BCUT2D eigenvalue weighted by atomic mass is 32.5. The Morgan fingerprint density at radius 3 is 2.70 bits per heavy atom. The van der Waals surface area contributed by atoms with Gasteiger partial charge in [0.25, 0.3) is 6.64 Å². The number of nitrogens with one attached hydrogen (secondary N) is 1. The molecule has 1 unspecified atom stereocenters. The summed E-state index contributed by atoms with van der Waals surface area (Å²) in [4.78, 5) is 9.14. The van der Waals surface area contributed by atoms with Crippen LogP contribution in [0.1, 0.15) is 19.8 Å². The van der Waals surface area contributed by atoms with Crippen molar-refractivity contribution in [3.05, 3.63) is 0 Å². The van der Waals surface area contributed by atoms with Gasteiger partial charge in [0, 0.05) is 13.7 Å². The van der Waals surface area contributed by atoms with E-state index in [2.05, 4.69) is 16.5 Å². The monoisotopic (exact) mass is 183 g/mol. The number of hydrogen-bond acceptors (Lipinski definition) is 2. The lowest BCUT2D eigenvalue weighted by atomic mass is 10.3. The van der Waals surface area contributed by atoms with Gasteiger partial charge in [0.15, 0.2) is 0 Å². The van der Waals surface area contributed by atoms with Gasteiger partial charge in [-0.05, 0) is 18.2 Å². The molecule has 0 aromatic heterocycles. The summed E-state index contributed by atoms with van der Waals surface area (Å²) in [7, 11) is 1.42. The van der Waals surface area contributed by atoms with E-state index in [-0.39, 0.29) is 0 Å². The molecular weight excluding hydrogens is 169 g/mol. The topological polar surface area (TPSA) is 41.5 Å². The first kappa shape index (κ1) is 10.5. The Bertz CT molecular complexity index is 131. The predicted molar refractivity (Wildman–Crippen MR) is 46.4 cm³/mol. The van der Waals surface area contributed by atoms with Crippen molar-refractivity contribution in [3.63, 3.8) is 0 Å². The maximum Gasteiger partial charge on any atom is 0.258 e. The van der Waals surface area contributed by atoms with E-state index in [1.54, 1.807) is 0 Å². The lowest BCUT2D eigenvalue weighted by Crippen LogP contribution is -2.11. The van der Waals surface area contributed by atoms with Crippen LogP contribution in [-0.2, 0) is 16.3 Å². The zero-order chi connectivity index (χ0) is 8.04. The molecule has 0 heterocycles. The van der Waals surface area contributed by atoms with E-state index in [9.17, 15) is 0 Å². The zero-order valence-electron chi connectivity index (χ0n) is 6.33. The SMILES string of the molecule is CCCCNP(O)(=S)OC. The molecule has 3 nitrogen and oxygen atoms in total. The van der Waals surface area contributed by atoms with E-state index in [0.717, 1.165) is 19.4 Å². The number of rotatable bonds is 5. The zero-order valence-corrected chi connectivity index (χ0v) is 8.04. The molecule has 0 aliphatic rings. The van der Waals surface area contributed by atoms with E-state index >= 15 is 0 Å². The number of unbranched alkanes of at least 4 members (excludes halogenated alkanes) is 1. The van der Waals surface area contributed by atoms with Crippen LogP contribution < -0.4 is 5.09 Å². The van der Waals surface area contributed by atoms with Gasteiger partial charge < -0.3 is 9.42 Å². The highest BCUT2D eigenvalue weighted by Crippen LogP contribution is 2.35. The first-order chi connectivity index (χ1) is 4.62. The Balaban J connectivity index is 3.38. The molecule has 0 saturated carbocycles. The third-order valence-electron chi connectivity index (χ3n) is 1.09. The highest BCUT2D eigenvalue weighted by molar-refractivity contribution is 8.08. The molecule has 0 fully saturated rings. The van der Waals surface area contributed by atoms with E-state index in [1.807, 2.05) is 0 Å². The summed E-state index contributed by atoms with van der Waals surface area (Å²) < 4.78 is 4.65. The average molecular weight is 183 g/mol. The Morgan fingerprint density at radius 1 is 1.70 bits per heavy atom. The Labute approximate surface area is 67.0 Å². The van der Waals surface area contributed by atoms with Crippen molar-refractivity contribution in [1.29, 1.82) is 0 Å². The van der Waals surface area contributed by atoms with Crippen molar-refractivity contribution in [1.82, 2.24) is 5.09 Å². The van der Waals surface area contributed by atoms with E-state index in [4.69, 9.17) is 16.7 Å². The molecule has 0 aromatic rings. The van der Waals surface area contributed by atoms with E-state index in [0.29, 0.717) is 0 Å². The van der Waals surface area contributed by atoms with Crippen LogP contribution in [0.5, 0.6) is 0 Å². The molecule has 0 saturated heterocycles. The average Bonchev–Trinajstić information content (AvgIpc) is 1.89. The fourth-order valence-corrected chi connectivity index (χ4v) is 1.31. The molecular formula is C5H14NO2PS. The molecule has 0 rings (SSSR count). The minimum atomic E-state index is -2.62. The molecule has 10 heavy (non-hydrogen) atoms. The molecule has 62 valence electrons. The van der Waals surface area contributed by atoms with Crippen LogP contribution in [0.15, 0.2) is 0 Å². The summed E-state index contributed by atoms with van der Waals surface area (Å²) in [5, 5.41) is 2.77. The molecule has 0 radical (unpaired) electrons. The summed E-state index contributed by atoms with van der Waals surface area (Å²) >= 11 is 4.69. The van der Waals surface area contributed by atoms with Gasteiger partial charge in [-0.1, -0.05) is 13.3 Å². The second kappa shape index (κ2) is 5.22.